The Hall–Kier alpha value is -1.20. The number of carbonyl (C=O) groups excluding carboxylic acids is 2. The molecule has 2 fully saturated rings. The predicted octanol–water partition coefficient (Wildman–Crippen LogP) is 0.550. The lowest BCUT2D eigenvalue weighted by Gasteiger charge is -2.28. The van der Waals surface area contributed by atoms with Crippen molar-refractivity contribution in [3.63, 3.8) is 0 Å². The number of hydrogen-bond acceptors (Lipinski definition) is 7. The molecule has 168 valence electrons. The summed E-state index contributed by atoms with van der Waals surface area (Å²) in [7, 11) is -6.67. The molecule has 0 radical (unpaired) electrons. The lowest BCUT2D eigenvalue weighted by molar-refractivity contribution is -0.155. The summed E-state index contributed by atoms with van der Waals surface area (Å²) in [6.07, 6.45) is 3.35. The maximum atomic E-state index is 12.7. The lowest BCUT2D eigenvalue weighted by Crippen LogP contribution is -2.46. The first kappa shape index (κ1) is 24.1. The largest absolute Gasteiger partial charge is 0.454 e. The highest BCUT2D eigenvalue weighted by Crippen LogP contribution is 2.23. The Bertz CT molecular complexity index is 795. The van der Waals surface area contributed by atoms with Crippen molar-refractivity contribution in [1.82, 2.24) is 9.21 Å². The molecule has 2 unspecified atom stereocenters. The van der Waals surface area contributed by atoms with Crippen molar-refractivity contribution >= 4 is 31.7 Å². The molecule has 9 nitrogen and oxygen atoms in total. The monoisotopic (exact) mass is 452 g/mol. The second-order valence-electron chi connectivity index (χ2n) is 7.69. The van der Waals surface area contributed by atoms with Gasteiger partial charge in [0.15, 0.2) is 16.4 Å². The van der Waals surface area contributed by atoms with Crippen LogP contribution < -0.4 is 0 Å². The van der Waals surface area contributed by atoms with Gasteiger partial charge in [0.2, 0.25) is 10.0 Å². The third-order valence-electron chi connectivity index (χ3n) is 5.36. The van der Waals surface area contributed by atoms with Gasteiger partial charge < -0.3 is 9.64 Å². The van der Waals surface area contributed by atoms with E-state index in [4.69, 9.17) is 4.74 Å². The normalized spacial score (nSPS) is 24.5. The van der Waals surface area contributed by atoms with Crippen LogP contribution in [0.3, 0.4) is 0 Å². The molecular formula is C18H32N2O7S2. The van der Waals surface area contributed by atoms with E-state index in [-0.39, 0.29) is 23.8 Å². The van der Waals surface area contributed by atoms with Crippen LogP contribution in [0.5, 0.6) is 0 Å². The summed E-state index contributed by atoms with van der Waals surface area (Å²) in [6, 6.07) is -1.29. The fourth-order valence-corrected chi connectivity index (χ4v) is 7.32. The van der Waals surface area contributed by atoms with Gasteiger partial charge in [-0.15, -0.1) is 0 Å². The highest BCUT2D eigenvalue weighted by atomic mass is 32.2. The highest BCUT2D eigenvalue weighted by Gasteiger charge is 2.40. The van der Waals surface area contributed by atoms with Crippen LogP contribution in [0.15, 0.2) is 0 Å². The maximum Gasteiger partial charge on any atom is 0.324 e. The summed E-state index contributed by atoms with van der Waals surface area (Å²) in [5.74, 6) is -1.20. The van der Waals surface area contributed by atoms with Crippen molar-refractivity contribution in [3.05, 3.63) is 0 Å². The molecule has 2 saturated heterocycles. The number of hydrogen-bond donors (Lipinski definition) is 0. The summed E-state index contributed by atoms with van der Waals surface area (Å²) < 4.78 is 54.6. The van der Waals surface area contributed by atoms with Gasteiger partial charge in [-0.2, -0.15) is 4.31 Å². The fourth-order valence-electron chi connectivity index (χ4n) is 3.86. The molecule has 2 aliphatic rings. The smallest absolute Gasteiger partial charge is 0.324 e. The van der Waals surface area contributed by atoms with Gasteiger partial charge in [0.05, 0.1) is 17.3 Å². The molecule has 0 bridgehead atoms. The number of sulfone groups is 1. The van der Waals surface area contributed by atoms with Gasteiger partial charge >= 0.3 is 5.97 Å². The molecule has 2 rings (SSSR count). The van der Waals surface area contributed by atoms with Crippen molar-refractivity contribution in [2.24, 2.45) is 0 Å². The Morgan fingerprint density at radius 3 is 2.48 bits per heavy atom. The molecule has 2 heterocycles. The second kappa shape index (κ2) is 10.2. The minimum Gasteiger partial charge on any atom is -0.454 e. The van der Waals surface area contributed by atoms with Gasteiger partial charge in [-0.1, -0.05) is 20.3 Å². The molecule has 0 aliphatic carbocycles. The molecule has 2 atom stereocenters. The lowest BCUT2D eigenvalue weighted by atomic mass is 10.2. The Labute approximate surface area is 173 Å². The summed E-state index contributed by atoms with van der Waals surface area (Å²) in [4.78, 5) is 26.6. The zero-order chi connectivity index (χ0) is 21.7. The highest BCUT2D eigenvalue weighted by molar-refractivity contribution is 7.91. The van der Waals surface area contributed by atoms with Crippen molar-refractivity contribution < 1.29 is 31.2 Å². The fraction of sp³-hybridized carbons (Fsp3) is 0.889. The number of amides is 1. The third-order valence-corrected chi connectivity index (χ3v) is 9.18. The Morgan fingerprint density at radius 1 is 1.17 bits per heavy atom. The first-order valence-corrected chi connectivity index (χ1v) is 13.7. The first-order valence-electron chi connectivity index (χ1n) is 10.3. The Balaban J connectivity index is 1.98. The van der Waals surface area contributed by atoms with Gasteiger partial charge in [-0.3, -0.25) is 9.59 Å². The Morgan fingerprint density at radius 2 is 1.90 bits per heavy atom. The molecule has 0 aromatic carbocycles. The van der Waals surface area contributed by atoms with Crippen LogP contribution in [-0.4, -0.2) is 87.0 Å². The van der Waals surface area contributed by atoms with E-state index >= 15 is 0 Å². The molecule has 0 spiro atoms. The number of rotatable bonds is 10. The summed E-state index contributed by atoms with van der Waals surface area (Å²) in [6.45, 7) is 3.91. The van der Waals surface area contributed by atoms with Crippen LogP contribution in [0.2, 0.25) is 0 Å². The number of carbonyl (C=O) groups is 2. The maximum absolute atomic E-state index is 12.7. The van der Waals surface area contributed by atoms with Gasteiger partial charge in [-0.25, -0.2) is 16.8 Å². The molecule has 0 N–H and O–H groups in total. The average Bonchev–Trinajstić information content (AvgIpc) is 3.27. The number of nitrogens with zero attached hydrogens (tertiary/aromatic N) is 2. The van der Waals surface area contributed by atoms with Gasteiger partial charge in [0, 0.05) is 19.1 Å². The van der Waals surface area contributed by atoms with E-state index in [0.29, 0.717) is 32.2 Å². The SMILES string of the molecule is CCCCN(C(=O)COC(=O)C1CCCN1S(=O)(=O)CCC)C1CCS(=O)(=O)C1. The van der Waals surface area contributed by atoms with Crippen molar-refractivity contribution in [3.8, 4) is 0 Å². The van der Waals surface area contributed by atoms with Crippen LogP contribution in [0.25, 0.3) is 0 Å². The molecule has 1 amide bonds. The minimum absolute atomic E-state index is 0.0311. The van der Waals surface area contributed by atoms with E-state index < -0.39 is 50.4 Å². The van der Waals surface area contributed by atoms with E-state index in [0.717, 1.165) is 12.8 Å². The summed E-state index contributed by atoms with van der Waals surface area (Å²) in [5.41, 5.74) is 0. The second-order valence-corrected chi connectivity index (χ2v) is 12.0. The molecule has 2 aliphatic heterocycles. The third kappa shape index (κ3) is 6.39. The zero-order valence-corrected chi connectivity index (χ0v) is 18.8. The van der Waals surface area contributed by atoms with Crippen molar-refractivity contribution in [2.75, 3.05) is 37.0 Å². The number of unbranched alkanes of at least 4 members (excludes halogenated alkanes) is 1. The number of ether oxygens (including phenoxy) is 1. The Kier molecular flexibility index (Phi) is 8.48. The molecular weight excluding hydrogens is 420 g/mol. The summed E-state index contributed by atoms with van der Waals surface area (Å²) >= 11 is 0. The first-order chi connectivity index (χ1) is 13.6. The van der Waals surface area contributed by atoms with Crippen LogP contribution in [0, 0.1) is 0 Å². The average molecular weight is 453 g/mol. The van der Waals surface area contributed by atoms with Gasteiger partial charge in [0.1, 0.15) is 6.04 Å². The van der Waals surface area contributed by atoms with Gasteiger partial charge in [-0.05, 0) is 32.1 Å². The molecule has 11 heteroatoms. The van der Waals surface area contributed by atoms with Gasteiger partial charge in [0.25, 0.3) is 5.91 Å². The van der Waals surface area contributed by atoms with Crippen LogP contribution >= 0.6 is 0 Å². The molecule has 29 heavy (non-hydrogen) atoms. The molecule has 0 aromatic heterocycles. The quantitative estimate of drug-likeness (QED) is 0.444. The molecule has 0 saturated carbocycles. The van der Waals surface area contributed by atoms with E-state index in [1.807, 2.05) is 6.92 Å². The van der Waals surface area contributed by atoms with Crippen molar-refractivity contribution in [1.29, 1.82) is 0 Å². The van der Waals surface area contributed by atoms with Crippen LogP contribution in [0.1, 0.15) is 52.4 Å². The standard InChI is InChI=1S/C18H32N2O7S2/c1-3-5-9-19(15-8-12-28(23,24)14-15)17(21)13-27-18(22)16-7-6-10-20(16)29(25,26)11-4-2/h15-16H,3-14H2,1-2H3. The van der Waals surface area contributed by atoms with Crippen molar-refractivity contribution in [2.45, 2.75) is 64.5 Å². The van der Waals surface area contributed by atoms with E-state index in [1.165, 1.54) is 9.21 Å². The van der Waals surface area contributed by atoms with E-state index in [9.17, 15) is 26.4 Å². The predicted molar refractivity (Wildman–Crippen MR) is 108 cm³/mol. The van der Waals surface area contributed by atoms with Crippen LogP contribution in [0.4, 0.5) is 0 Å². The molecule has 0 aromatic rings. The van der Waals surface area contributed by atoms with E-state index in [1.54, 1.807) is 6.92 Å². The summed E-state index contributed by atoms with van der Waals surface area (Å²) in [5, 5.41) is 0. The minimum atomic E-state index is -3.53. The number of sulfonamides is 1. The van der Waals surface area contributed by atoms with Crippen LogP contribution in [-0.2, 0) is 34.2 Å². The zero-order valence-electron chi connectivity index (χ0n) is 17.2. The topological polar surface area (TPSA) is 118 Å². The van der Waals surface area contributed by atoms with E-state index in [2.05, 4.69) is 0 Å². The number of esters is 1.